The third-order valence-electron chi connectivity index (χ3n) is 2.19. The topological polar surface area (TPSA) is 40.5 Å². The van der Waals surface area contributed by atoms with Crippen LogP contribution in [0.15, 0.2) is 0 Å². The average Bonchev–Trinajstić information content (AvgIpc) is 2.49. The fourth-order valence-corrected chi connectivity index (χ4v) is 1.30. The second kappa shape index (κ2) is 2.31. The van der Waals surface area contributed by atoms with Gasteiger partial charge < -0.3 is 10.0 Å². The summed E-state index contributed by atoms with van der Waals surface area (Å²) >= 11 is 0. The molecule has 1 saturated carbocycles. The summed E-state index contributed by atoms with van der Waals surface area (Å²) in [6.07, 6.45) is 4.01. The standard InChI is InChI=1S/C6H13BO2/c1-2-3-6(4-5-6)7(8)9/h8-9H,2-5H2,1H3. The molecule has 0 radical (unpaired) electrons. The lowest BCUT2D eigenvalue weighted by Crippen LogP contribution is -2.21. The molecule has 0 aliphatic heterocycles. The highest BCUT2D eigenvalue weighted by Gasteiger charge is 2.51. The number of hydrogen-bond acceptors (Lipinski definition) is 2. The molecule has 2 N–H and O–H groups in total. The molecule has 1 aliphatic rings. The van der Waals surface area contributed by atoms with Gasteiger partial charge in [0.1, 0.15) is 0 Å². The maximum atomic E-state index is 8.83. The van der Waals surface area contributed by atoms with Crippen molar-refractivity contribution in [2.24, 2.45) is 0 Å². The molecule has 0 heterocycles. The largest absolute Gasteiger partial charge is 0.458 e. The molecule has 3 heteroatoms. The van der Waals surface area contributed by atoms with Gasteiger partial charge in [-0.3, -0.25) is 0 Å². The predicted molar refractivity (Wildman–Crippen MR) is 37.0 cm³/mol. The van der Waals surface area contributed by atoms with E-state index in [9.17, 15) is 0 Å². The highest BCUT2D eigenvalue weighted by Crippen LogP contribution is 2.58. The van der Waals surface area contributed by atoms with Crippen molar-refractivity contribution in [3.8, 4) is 0 Å². The summed E-state index contributed by atoms with van der Waals surface area (Å²) < 4.78 is 0. The molecule has 9 heavy (non-hydrogen) atoms. The van der Waals surface area contributed by atoms with Crippen LogP contribution in [0.2, 0.25) is 5.31 Å². The Morgan fingerprint density at radius 2 is 2.00 bits per heavy atom. The minimum absolute atomic E-state index is 0.0885. The van der Waals surface area contributed by atoms with Gasteiger partial charge >= 0.3 is 7.12 Å². The minimum Gasteiger partial charge on any atom is -0.427 e. The van der Waals surface area contributed by atoms with Crippen molar-refractivity contribution in [2.45, 2.75) is 37.9 Å². The van der Waals surface area contributed by atoms with Crippen molar-refractivity contribution in [3.63, 3.8) is 0 Å². The molecule has 0 bridgehead atoms. The lowest BCUT2D eigenvalue weighted by molar-refractivity contribution is 0.372. The van der Waals surface area contributed by atoms with Crippen LogP contribution < -0.4 is 0 Å². The van der Waals surface area contributed by atoms with E-state index in [1.165, 1.54) is 0 Å². The second-order valence-electron chi connectivity index (χ2n) is 2.99. The van der Waals surface area contributed by atoms with E-state index < -0.39 is 7.12 Å². The molecule has 0 aromatic heterocycles. The number of rotatable bonds is 3. The summed E-state index contributed by atoms with van der Waals surface area (Å²) in [5.41, 5.74) is 0. The van der Waals surface area contributed by atoms with Gasteiger partial charge in [0.05, 0.1) is 0 Å². The molecule has 2 nitrogen and oxygen atoms in total. The van der Waals surface area contributed by atoms with Gasteiger partial charge in [-0.25, -0.2) is 0 Å². The molecule has 1 fully saturated rings. The average molecular weight is 128 g/mol. The summed E-state index contributed by atoms with van der Waals surface area (Å²) in [7, 11) is -1.07. The Hall–Kier alpha value is -0.0151. The molecule has 0 aromatic rings. The Bertz CT molecular complexity index is 99.2. The minimum atomic E-state index is -1.07. The van der Waals surface area contributed by atoms with Gasteiger partial charge in [0.15, 0.2) is 0 Å². The zero-order chi connectivity index (χ0) is 6.91. The molecule has 52 valence electrons. The van der Waals surface area contributed by atoms with Crippen LogP contribution >= 0.6 is 0 Å². The summed E-state index contributed by atoms with van der Waals surface area (Å²) in [6.45, 7) is 2.07. The van der Waals surface area contributed by atoms with Crippen LogP contribution in [0.3, 0.4) is 0 Å². The zero-order valence-corrected chi connectivity index (χ0v) is 5.80. The Kier molecular flexibility index (Phi) is 1.82. The lowest BCUT2D eigenvalue weighted by Gasteiger charge is -2.10. The van der Waals surface area contributed by atoms with Gasteiger partial charge in [-0.1, -0.05) is 13.3 Å². The summed E-state index contributed by atoms with van der Waals surface area (Å²) in [5.74, 6) is 0. The summed E-state index contributed by atoms with van der Waals surface area (Å²) in [4.78, 5) is 0. The smallest absolute Gasteiger partial charge is 0.427 e. The van der Waals surface area contributed by atoms with Crippen molar-refractivity contribution in [3.05, 3.63) is 0 Å². The van der Waals surface area contributed by atoms with Crippen LogP contribution in [0.4, 0.5) is 0 Å². The Balaban J connectivity index is 2.33. The van der Waals surface area contributed by atoms with Gasteiger partial charge in [0.2, 0.25) is 0 Å². The highest BCUT2D eigenvalue weighted by molar-refractivity contribution is 6.46. The van der Waals surface area contributed by atoms with E-state index in [0.717, 1.165) is 25.7 Å². The van der Waals surface area contributed by atoms with Crippen LogP contribution in [0.1, 0.15) is 32.6 Å². The lowest BCUT2D eigenvalue weighted by atomic mass is 9.67. The third kappa shape index (κ3) is 1.27. The monoisotopic (exact) mass is 128 g/mol. The predicted octanol–water partition coefficient (Wildman–Crippen LogP) is 0.793. The Morgan fingerprint density at radius 3 is 2.11 bits per heavy atom. The second-order valence-corrected chi connectivity index (χ2v) is 2.99. The van der Waals surface area contributed by atoms with Crippen molar-refractivity contribution in [2.75, 3.05) is 0 Å². The van der Waals surface area contributed by atoms with Gasteiger partial charge in [-0.15, -0.1) is 0 Å². The molecule has 1 aliphatic carbocycles. The van der Waals surface area contributed by atoms with Crippen molar-refractivity contribution in [1.82, 2.24) is 0 Å². The normalized spacial score (nSPS) is 21.7. The highest BCUT2D eigenvalue weighted by atomic mass is 16.4. The fraction of sp³-hybridized carbons (Fsp3) is 1.00. The first-order valence-electron chi connectivity index (χ1n) is 3.57. The van der Waals surface area contributed by atoms with Crippen molar-refractivity contribution < 1.29 is 10.0 Å². The molecule has 0 aromatic carbocycles. The quantitative estimate of drug-likeness (QED) is 0.551. The summed E-state index contributed by atoms with van der Waals surface area (Å²) in [5, 5.41) is 17.6. The van der Waals surface area contributed by atoms with Crippen LogP contribution in [-0.2, 0) is 0 Å². The molecule has 1 rings (SSSR count). The van der Waals surface area contributed by atoms with Gasteiger partial charge in [-0.2, -0.15) is 0 Å². The Labute approximate surface area is 56.0 Å². The first-order valence-corrected chi connectivity index (χ1v) is 3.57. The molecule has 0 saturated heterocycles. The molecule has 0 amide bonds. The first kappa shape index (κ1) is 7.10. The van der Waals surface area contributed by atoms with Gasteiger partial charge in [0.25, 0.3) is 0 Å². The van der Waals surface area contributed by atoms with Crippen molar-refractivity contribution >= 4 is 7.12 Å². The van der Waals surface area contributed by atoms with Crippen LogP contribution in [0.25, 0.3) is 0 Å². The third-order valence-corrected chi connectivity index (χ3v) is 2.19. The van der Waals surface area contributed by atoms with Crippen molar-refractivity contribution in [1.29, 1.82) is 0 Å². The maximum Gasteiger partial charge on any atom is 0.458 e. The van der Waals surface area contributed by atoms with Gasteiger partial charge in [-0.05, 0) is 19.3 Å². The first-order chi connectivity index (χ1) is 4.21. The SMILES string of the molecule is CCCC1(B(O)O)CC1. The maximum absolute atomic E-state index is 8.83. The van der Waals surface area contributed by atoms with Crippen LogP contribution in [0.5, 0.6) is 0 Å². The molecule has 0 atom stereocenters. The van der Waals surface area contributed by atoms with E-state index in [-0.39, 0.29) is 5.31 Å². The van der Waals surface area contributed by atoms with Crippen LogP contribution in [0, 0.1) is 0 Å². The van der Waals surface area contributed by atoms with E-state index in [4.69, 9.17) is 10.0 Å². The van der Waals surface area contributed by atoms with E-state index in [1.807, 2.05) is 0 Å². The van der Waals surface area contributed by atoms with E-state index in [2.05, 4.69) is 6.92 Å². The van der Waals surface area contributed by atoms with Gasteiger partial charge in [0, 0.05) is 5.31 Å². The molecular weight excluding hydrogens is 115 g/mol. The molecule has 0 unspecified atom stereocenters. The van der Waals surface area contributed by atoms with E-state index in [0.29, 0.717) is 0 Å². The fourth-order valence-electron chi connectivity index (χ4n) is 1.30. The molecule has 0 spiro atoms. The van der Waals surface area contributed by atoms with Crippen LogP contribution in [-0.4, -0.2) is 17.2 Å². The zero-order valence-electron chi connectivity index (χ0n) is 5.80. The summed E-state index contributed by atoms with van der Waals surface area (Å²) in [6, 6.07) is 0. The van der Waals surface area contributed by atoms with E-state index in [1.54, 1.807) is 0 Å². The Morgan fingerprint density at radius 1 is 1.44 bits per heavy atom. The molecular formula is C6H13BO2. The van der Waals surface area contributed by atoms with E-state index >= 15 is 0 Å². The number of hydrogen-bond donors (Lipinski definition) is 2.